The molecule has 0 saturated carbocycles. The Hall–Kier alpha value is -1.35. The van der Waals surface area contributed by atoms with Gasteiger partial charge in [-0.2, -0.15) is 0 Å². The number of aryl methyl sites for hydroxylation is 2. The number of amides is 1. The number of anilines is 1. The molecule has 1 atom stereocenters. The van der Waals surface area contributed by atoms with E-state index in [-0.39, 0.29) is 11.9 Å². The number of carbonyl (C=O) groups is 1. The monoisotopic (exact) mass is 248 g/mol. The van der Waals surface area contributed by atoms with E-state index in [4.69, 9.17) is 0 Å². The Morgan fingerprint density at radius 1 is 1.22 bits per heavy atom. The zero-order valence-corrected chi connectivity index (χ0v) is 12.1. The van der Waals surface area contributed by atoms with Crippen LogP contribution in [-0.2, 0) is 4.79 Å². The van der Waals surface area contributed by atoms with Crippen molar-refractivity contribution in [3.05, 3.63) is 29.3 Å². The maximum absolute atomic E-state index is 12.2. The molecule has 0 aliphatic carbocycles. The molecule has 0 aromatic heterocycles. The molecule has 1 aromatic rings. The average molecular weight is 248 g/mol. The average Bonchev–Trinajstić information content (AvgIpc) is 2.35. The van der Waals surface area contributed by atoms with E-state index in [2.05, 4.69) is 24.1 Å². The summed E-state index contributed by atoms with van der Waals surface area (Å²) in [5, 5.41) is 3.05. The second-order valence-electron chi connectivity index (χ2n) is 4.65. The van der Waals surface area contributed by atoms with Crippen molar-refractivity contribution < 1.29 is 4.79 Å². The van der Waals surface area contributed by atoms with E-state index in [9.17, 15) is 4.79 Å². The Kier molecular flexibility index (Phi) is 5.35. The minimum absolute atomic E-state index is 0.0658. The molecule has 0 aliphatic rings. The Bertz CT molecular complexity index is 391. The molecule has 0 bridgehead atoms. The maximum Gasteiger partial charge on any atom is 0.241 e. The van der Waals surface area contributed by atoms with Crippen LogP contribution in [0.5, 0.6) is 0 Å². The lowest BCUT2D eigenvalue weighted by Gasteiger charge is -2.26. The van der Waals surface area contributed by atoms with Gasteiger partial charge in [-0.1, -0.05) is 32.0 Å². The van der Waals surface area contributed by atoms with Crippen molar-refractivity contribution in [1.82, 2.24) is 4.90 Å². The van der Waals surface area contributed by atoms with Gasteiger partial charge in [-0.05, 0) is 45.0 Å². The largest absolute Gasteiger partial charge is 0.324 e. The Balaban J connectivity index is 2.81. The van der Waals surface area contributed by atoms with Crippen LogP contribution in [0.2, 0.25) is 0 Å². The first-order valence-corrected chi connectivity index (χ1v) is 6.62. The first-order chi connectivity index (χ1) is 8.51. The number of rotatable bonds is 5. The highest BCUT2D eigenvalue weighted by atomic mass is 16.2. The van der Waals surface area contributed by atoms with Crippen LogP contribution in [0.15, 0.2) is 18.2 Å². The first kappa shape index (κ1) is 14.7. The van der Waals surface area contributed by atoms with E-state index in [1.54, 1.807) is 0 Å². The highest BCUT2D eigenvalue weighted by Crippen LogP contribution is 2.19. The third-order valence-electron chi connectivity index (χ3n) is 3.47. The van der Waals surface area contributed by atoms with Crippen LogP contribution in [0.3, 0.4) is 0 Å². The summed E-state index contributed by atoms with van der Waals surface area (Å²) >= 11 is 0. The smallest absolute Gasteiger partial charge is 0.241 e. The van der Waals surface area contributed by atoms with Gasteiger partial charge in [0.25, 0.3) is 0 Å². The van der Waals surface area contributed by atoms with Gasteiger partial charge in [-0.15, -0.1) is 0 Å². The van der Waals surface area contributed by atoms with Crippen LogP contribution in [0.1, 0.15) is 31.9 Å². The molecule has 0 spiro atoms. The third kappa shape index (κ3) is 3.33. The molecule has 0 aliphatic heterocycles. The summed E-state index contributed by atoms with van der Waals surface area (Å²) in [7, 11) is 0. The molecule has 1 amide bonds. The Morgan fingerprint density at radius 3 is 2.17 bits per heavy atom. The van der Waals surface area contributed by atoms with Crippen LogP contribution in [0.25, 0.3) is 0 Å². The first-order valence-electron chi connectivity index (χ1n) is 6.62. The number of likely N-dealkylation sites (N-methyl/N-ethyl adjacent to an activating group) is 1. The predicted molar refractivity (Wildman–Crippen MR) is 76.9 cm³/mol. The van der Waals surface area contributed by atoms with Crippen molar-refractivity contribution in [2.45, 2.75) is 40.7 Å². The molecule has 3 heteroatoms. The standard InChI is InChI=1S/C15H24N2O/c1-6-17(7-2)13(5)15(18)16-14-11(3)9-8-10-12(14)4/h8-10,13H,6-7H2,1-5H3,(H,16,18)/t13-/m1/s1. The summed E-state index contributed by atoms with van der Waals surface area (Å²) in [6, 6.07) is 5.95. The van der Waals surface area contributed by atoms with Gasteiger partial charge in [0, 0.05) is 5.69 Å². The molecule has 1 aromatic carbocycles. The van der Waals surface area contributed by atoms with E-state index in [0.29, 0.717) is 0 Å². The van der Waals surface area contributed by atoms with Gasteiger partial charge in [0.2, 0.25) is 5.91 Å². The highest BCUT2D eigenvalue weighted by Gasteiger charge is 2.19. The van der Waals surface area contributed by atoms with Crippen LogP contribution in [0, 0.1) is 13.8 Å². The lowest BCUT2D eigenvalue weighted by molar-refractivity contribution is -0.120. The molecule has 1 N–H and O–H groups in total. The lowest BCUT2D eigenvalue weighted by atomic mass is 10.1. The third-order valence-corrected chi connectivity index (χ3v) is 3.47. The summed E-state index contributed by atoms with van der Waals surface area (Å²) in [4.78, 5) is 14.4. The van der Waals surface area contributed by atoms with Crippen LogP contribution in [0.4, 0.5) is 5.69 Å². The van der Waals surface area contributed by atoms with E-state index in [1.807, 2.05) is 39.0 Å². The molecule has 0 fully saturated rings. The molecule has 0 unspecified atom stereocenters. The van der Waals surface area contributed by atoms with Crippen LogP contribution < -0.4 is 5.32 Å². The fourth-order valence-electron chi connectivity index (χ4n) is 2.18. The van der Waals surface area contributed by atoms with Crippen LogP contribution >= 0.6 is 0 Å². The lowest BCUT2D eigenvalue weighted by Crippen LogP contribution is -2.42. The zero-order valence-electron chi connectivity index (χ0n) is 12.1. The molecule has 3 nitrogen and oxygen atoms in total. The van der Waals surface area contributed by atoms with E-state index in [0.717, 1.165) is 29.9 Å². The topological polar surface area (TPSA) is 32.3 Å². The Labute approximate surface area is 110 Å². The summed E-state index contributed by atoms with van der Waals surface area (Å²) in [6.45, 7) is 11.9. The molecular weight excluding hydrogens is 224 g/mol. The van der Waals surface area contributed by atoms with Gasteiger partial charge in [0.05, 0.1) is 6.04 Å². The minimum Gasteiger partial charge on any atom is -0.324 e. The van der Waals surface area contributed by atoms with E-state index >= 15 is 0 Å². The van der Waals surface area contributed by atoms with Gasteiger partial charge in [-0.25, -0.2) is 0 Å². The van der Waals surface area contributed by atoms with Gasteiger partial charge in [-0.3, -0.25) is 9.69 Å². The number of benzene rings is 1. The predicted octanol–water partition coefficient (Wildman–Crippen LogP) is 2.97. The van der Waals surface area contributed by atoms with Crippen molar-refractivity contribution in [2.24, 2.45) is 0 Å². The van der Waals surface area contributed by atoms with E-state index in [1.165, 1.54) is 0 Å². The Morgan fingerprint density at radius 2 is 1.72 bits per heavy atom. The highest BCUT2D eigenvalue weighted by molar-refractivity contribution is 5.95. The number of nitrogens with one attached hydrogen (secondary N) is 1. The van der Waals surface area contributed by atoms with E-state index < -0.39 is 0 Å². The fraction of sp³-hybridized carbons (Fsp3) is 0.533. The second-order valence-corrected chi connectivity index (χ2v) is 4.65. The van der Waals surface area contributed by atoms with Crippen molar-refractivity contribution in [3.8, 4) is 0 Å². The van der Waals surface area contributed by atoms with Gasteiger partial charge < -0.3 is 5.32 Å². The van der Waals surface area contributed by atoms with Gasteiger partial charge in [0.1, 0.15) is 0 Å². The number of hydrogen-bond donors (Lipinski definition) is 1. The maximum atomic E-state index is 12.2. The summed E-state index contributed by atoms with van der Waals surface area (Å²) in [5.74, 6) is 0.0658. The normalized spacial score (nSPS) is 12.6. The number of para-hydroxylation sites is 1. The summed E-state index contributed by atoms with van der Waals surface area (Å²) in [6.07, 6.45) is 0. The molecule has 1 rings (SSSR count). The number of carbonyl (C=O) groups excluding carboxylic acids is 1. The second kappa shape index (κ2) is 6.55. The molecule has 0 saturated heterocycles. The van der Waals surface area contributed by atoms with Crippen LogP contribution in [-0.4, -0.2) is 29.9 Å². The fourth-order valence-corrected chi connectivity index (χ4v) is 2.18. The zero-order chi connectivity index (χ0) is 13.7. The summed E-state index contributed by atoms with van der Waals surface area (Å²) < 4.78 is 0. The van der Waals surface area contributed by atoms with Gasteiger partial charge >= 0.3 is 0 Å². The van der Waals surface area contributed by atoms with Crippen molar-refractivity contribution in [2.75, 3.05) is 18.4 Å². The molecule has 100 valence electrons. The number of hydrogen-bond acceptors (Lipinski definition) is 2. The number of nitrogens with zero attached hydrogens (tertiary/aromatic N) is 1. The van der Waals surface area contributed by atoms with Crippen molar-refractivity contribution in [1.29, 1.82) is 0 Å². The SMILES string of the molecule is CCN(CC)[C@H](C)C(=O)Nc1c(C)cccc1C. The molecule has 0 heterocycles. The molecule has 18 heavy (non-hydrogen) atoms. The quantitative estimate of drug-likeness (QED) is 0.869. The summed E-state index contributed by atoms with van der Waals surface area (Å²) in [5.41, 5.74) is 3.16. The van der Waals surface area contributed by atoms with Crippen molar-refractivity contribution in [3.63, 3.8) is 0 Å². The minimum atomic E-state index is -0.0981. The van der Waals surface area contributed by atoms with Crippen molar-refractivity contribution >= 4 is 11.6 Å². The van der Waals surface area contributed by atoms with Gasteiger partial charge in [0.15, 0.2) is 0 Å². The molecule has 0 radical (unpaired) electrons. The molecular formula is C15H24N2O.